The molecular weight excluding hydrogens is 288 g/mol. The second kappa shape index (κ2) is 4.35. The van der Waals surface area contributed by atoms with Gasteiger partial charge in [-0.25, -0.2) is 4.68 Å². The molecule has 84 valence electrons. The van der Waals surface area contributed by atoms with E-state index in [1.807, 2.05) is 6.07 Å². The molecule has 0 amide bonds. The first-order chi connectivity index (χ1) is 8.11. The Bertz CT molecular complexity index is 629. The Morgan fingerprint density at radius 3 is 2.82 bits per heavy atom. The molecule has 7 heteroatoms. The lowest BCUT2D eigenvalue weighted by Crippen LogP contribution is -1.99. The van der Waals surface area contributed by atoms with Crippen LogP contribution in [0.15, 0.2) is 35.1 Å². The molecule has 0 aliphatic heterocycles. The van der Waals surface area contributed by atoms with Crippen LogP contribution in [-0.2, 0) is 0 Å². The van der Waals surface area contributed by atoms with Gasteiger partial charge in [-0.15, -0.1) is 0 Å². The first kappa shape index (κ1) is 11.3. The van der Waals surface area contributed by atoms with E-state index in [2.05, 4.69) is 21.0 Å². The minimum atomic E-state index is -0.538. The molecule has 0 radical (unpaired) electrons. The first-order valence-corrected chi connectivity index (χ1v) is 5.30. The van der Waals surface area contributed by atoms with Crippen molar-refractivity contribution >= 4 is 21.6 Å². The largest absolute Gasteiger partial charge is 0.270 e. The Kier molecular flexibility index (Phi) is 2.89. The standard InChI is InChI=1S/C10H5BrN4O2/c11-8-5-13-14(6-8)10-2-1-9(15(16)17)3-7(10)4-12/h1-3,5-6H. The summed E-state index contributed by atoms with van der Waals surface area (Å²) in [7, 11) is 0. The van der Waals surface area contributed by atoms with Crippen molar-refractivity contribution in [2.24, 2.45) is 0 Å². The summed E-state index contributed by atoms with van der Waals surface area (Å²) in [5.41, 5.74) is 0.593. The van der Waals surface area contributed by atoms with Gasteiger partial charge in [0.15, 0.2) is 0 Å². The minimum Gasteiger partial charge on any atom is -0.258 e. The van der Waals surface area contributed by atoms with Crippen molar-refractivity contribution in [3.05, 3.63) is 50.7 Å². The molecule has 0 saturated carbocycles. The molecule has 17 heavy (non-hydrogen) atoms. The number of hydrogen-bond acceptors (Lipinski definition) is 4. The molecule has 2 aromatic rings. The number of rotatable bonds is 2. The molecular formula is C10H5BrN4O2. The monoisotopic (exact) mass is 292 g/mol. The number of nitrogens with zero attached hydrogens (tertiary/aromatic N) is 4. The van der Waals surface area contributed by atoms with Gasteiger partial charge in [0.25, 0.3) is 5.69 Å². The van der Waals surface area contributed by atoms with Crippen molar-refractivity contribution in [2.75, 3.05) is 0 Å². The molecule has 0 saturated heterocycles. The molecule has 2 rings (SSSR count). The van der Waals surface area contributed by atoms with Gasteiger partial charge in [0.2, 0.25) is 0 Å². The molecule has 0 bridgehead atoms. The van der Waals surface area contributed by atoms with E-state index < -0.39 is 4.92 Å². The van der Waals surface area contributed by atoms with Crippen LogP contribution in [0.3, 0.4) is 0 Å². The zero-order valence-corrected chi connectivity index (χ0v) is 9.96. The molecule has 1 heterocycles. The zero-order chi connectivity index (χ0) is 12.4. The topological polar surface area (TPSA) is 84.7 Å². The lowest BCUT2D eigenvalue weighted by molar-refractivity contribution is -0.384. The summed E-state index contributed by atoms with van der Waals surface area (Å²) >= 11 is 3.24. The van der Waals surface area contributed by atoms with E-state index in [0.29, 0.717) is 5.69 Å². The summed E-state index contributed by atoms with van der Waals surface area (Å²) in [6.45, 7) is 0. The van der Waals surface area contributed by atoms with E-state index in [1.54, 1.807) is 12.4 Å². The van der Waals surface area contributed by atoms with Gasteiger partial charge in [0.1, 0.15) is 6.07 Å². The Hall–Kier alpha value is -2.20. The number of hydrogen-bond donors (Lipinski definition) is 0. The van der Waals surface area contributed by atoms with Gasteiger partial charge in [-0.3, -0.25) is 10.1 Å². The lowest BCUT2D eigenvalue weighted by Gasteiger charge is -2.03. The van der Waals surface area contributed by atoms with Crippen molar-refractivity contribution in [3.8, 4) is 11.8 Å². The molecule has 0 unspecified atom stereocenters. The molecule has 6 nitrogen and oxygen atoms in total. The first-order valence-electron chi connectivity index (χ1n) is 4.51. The third-order valence-corrected chi connectivity index (χ3v) is 2.52. The molecule has 0 N–H and O–H groups in total. The van der Waals surface area contributed by atoms with E-state index in [-0.39, 0.29) is 11.3 Å². The highest BCUT2D eigenvalue weighted by Crippen LogP contribution is 2.21. The van der Waals surface area contributed by atoms with Crippen LogP contribution in [0, 0.1) is 21.4 Å². The van der Waals surface area contributed by atoms with Crippen LogP contribution in [-0.4, -0.2) is 14.7 Å². The molecule has 1 aromatic heterocycles. The predicted molar refractivity (Wildman–Crippen MR) is 62.6 cm³/mol. The predicted octanol–water partition coefficient (Wildman–Crippen LogP) is 2.41. The number of nitro benzene ring substituents is 1. The Morgan fingerprint density at radius 2 is 2.29 bits per heavy atom. The fourth-order valence-electron chi connectivity index (χ4n) is 1.36. The SMILES string of the molecule is N#Cc1cc([N+](=O)[O-])ccc1-n1cc(Br)cn1. The van der Waals surface area contributed by atoms with Gasteiger partial charge >= 0.3 is 0 Å². The van der Waals surface area contributed by atoms with Crippen molar-refractivity contribution < 1.29 is 4.92 Å². The van der Waals surface area contributed by atoms with Crippen LogP contribution in [0.25, 0.3) is 5.69 Å². The van der Waals surface area contributed by atoms with Gasteiger partial charge in [-0.2, -0.15) is 10.4 Å². The van der Waals surface area contributed by atoms with Crippen LogP contribution in [0.4, 0.5) is 5.69 Å². The fraction of sp³-hybridized carbons (Fsp3) is 0. The number of nitriles is 1. The zero-order valence-electron chi connectivity index (χ0n) is 8.37. The Morgan fingerprint density at radius 1 is 1.53 bits per heavy atom. The summed E-state index contributed by atoms with van der Waals surface area (Å²) in [6.07, 6.45) is 3.24. The number of benzene rings is 1. The second-order valence-corrected chi connectivity index (χ2v) is 4.09. The minimum absolute atomic E-state index is 0.114. The maximum absolute atomic E-state index is 10.6. The Labute approximate surface area is 104 Å². The number of aromatic nitrogens is 2. The van der Waals surface area contributed by atoms with Crippen LogP contribution < -0.4 is 0 Å². The van der Waals surface area contributed by atoms with E-state index in [4.69, 9.17) is 5.26 Å². The third-order valence-electron chi connectivity index (χ3n) is 2.11. The normalized spacial score (nSPS) is 9.88. The number of non-ortho nitro benzene ring substituents is 1. The molecule has 0 spiro atoms. The molecule has 0 aliphatic carbocycles. The highest BCUT2D eigenvalue weighted by Gasteiger charge is 2.12. The van der Waals surface area contributed by atoms with E-state index in [1.165, 1.54) is 22.9 Å². The van der Waals surface area contributed by atoms with Crippen molar-refractivity contribution in [2.45, 2.75) is 0 Å². The molecule has 0 aliphatic rings. The lowest BCUT2D eigenvalue weighted by atomic mass is 10.2. The second-order valence-electron chi connectivity index (χ2n) is 3.17. The number of nitro groups is 1. The third kappa shape index (κ3) is 2.16. The quantitative estimate of drug-likeness (QED) is 0.628. The van der Waals surface area contributed by atoms with Crippen molar-refractivity contribution in [1.82, 2.24) is 9.78 Å². The van der Waals surface area contributed by atoms with E-state index in [9.17, 15) is 10.1 Å². The fourth-order valence-corrected chi connectivity index (χ4v) is 1.65. The highest BCUT2D eigenvalue weighted by atomic mass is 79.9. The van der Waals surface area contributed by atoms with Crippen molar-refractivity contribution in [3.63, 3.8) is 0 Å². The highest BCUT2D eigenvalue weighted by molar-refractivity contribution is 9.10. The van der Waals surface area contributed by atoms with Gasteiger partial charge in [0, 0.05) is 18.3 Å². The van der Waals surface area contributed by atoms with Crippen LogP contribution in [0.1, 0.15) is 5.56 Å². The summed E-state index contributed by atoms with van der Waals surface area (Å²) < 4.78 is 2.24. The van der Waals surface area contributed by atoms with Gasteiger partial charge in [0.05, 0.1) is 26.8 Å². The van der Waals surface area contributed by atoms with Gasteiger partial charge in [-0.1, -0.05) is 0 Å². The summed E-state index contributed by atoms with van der Waals surface area (Å²) in [6, 6.07) is 5.98. The van der Waals surface area contributed by atoms with Crippen LogP contribution in [0.2, 0.25) is 0 Å². The van der Waals surface area contributed by atoms with E-state index in [0.717, 1.165) is 4.47 Å². The summed E-state index contributed by atoms with van der Waals surface area (Å²) in [5.74, 6) is 0. The van der Waals surface area contributed by atoms with E-state index >= 15 is 0 Å². The summed E-state index contributed by atoms with van der Waals surface area (Å²) in [4.78, 5) is 10.0. The Balaban J connectivity index is 2.56. The smallest absolute Gasteiger partial charge is 0.258 e. The molecule has 0 atom stereocenters. The summed E-state index contributed by atoms with van der Waals surface area (Å²) in [5, 5.41) is 23.6. The molecule has 0 fully saturated rings. The average molecular weight is 293 g/mol. The van der Waals surface area contributed by atoms with Crippen LogP contribution in [0.5, 0.6) is 0 Å². The van der Waals surface area contributed by atoms with Gasteiger partial charge in [-0.05, 0) is 22.0 Å². The molecule has 1 aromatic carbocycles. The van der Waals surface area contributed by atoms with Gasteiger partial charge < -0.3 is 0 Å². The maximum Gasteiger partial charge on any atom is 0.270 e. The van der Waals surface area contributed by atoms with Crippen molar-refractivity contribution in [1.29, 1.82) is 5.26 Å². The number of halogens is 1. The maximum atomic E-state index is 10.6. The average Bonchev–Trinajstić information content (AvgIpc) is 2.74. The van der Waals surface area contributed by atoms with Crippen LogP contribution >= 0.6 is 15.9 Å².